The molecule has 0 unspecified atom stereocenters. The molecule has 19 heavy (non-hydrogen) atoms. The summed E-state index contributed by atoms with van der Waals surface area (Å²) in [6.45, 7) is 0.00522. The maximum absolute atomic E-state index is 11.8. The number of hydrogen-bond acceptors (Lipinski definition) is 5. The van der Waals surface area contributed by atoms with Crippen LogP contribution in [0.5, 0.6) is 5.75 Å². The number of rotatable bonds is 7. The van der Waals surface area contributed by atoms with E-state index in [1.54, 1.807) is 36.0 Å². The molecule has 5 nitrogen and oxygen atoms in total. The fourth-order valence-electron chi connectivity index (χ4n) is 1.36. The zero-order valence-corrected chi connectivity index (χ0v) is 11.6. The minimum atomic E-state index is -0.498. The Morgan fingerprint density at radius 1 is 1.53 bits per heavy atom. The molecule has 1 aromatic carbocycles. The van der Waals surface area contributed by atoms with Crippen molar-refractivity contribution >= 4 is 23.4 Å². The first-order chi connectivity index (χ1) is 9.17. The van der Waals surface area contributed by atoms with E-state index in [-0.39, 0.29) is 12.5 Å². The molecule has 0 aliphatic carbocycles. The van der Waals surface area contributed by atoms with Crippen LogP contribution in [0.25, 0.3) is 0 Å². The van der Waals surface area contributed by atoms with Gasteiger partial charge in [-0.25, -0.2) is 0 Å². The van der Waals surface area contributed by atoms with Gasteiger partial charge in [0.1, 0.15) is 11.8 Å². The number of anilines is 1. The topological polar surface area (TPSA) is 88.1 Å². The minimum absolute atomic E-state index is 0.00522. The molecular formula is C13H17N3O2S. The lowest BCUT2D eigenvalue weighted by Gasteiger charge is -2.12. The van der Waals surface area contributed by atoms with E-state index in [1.165, 1.54) is 0 Å². The van der Waals surface area contributed by atoms with Crippen LogP contribution in [0.1, 0.15) is 6.42 Å². The van der Waals surface area contributed by atoms with Gasteiger partial charge < -0.3 is 15.8 Å². The lowest BCUT2D eigenvalue weighted by atomic mass is 10.2. The van der Waals surface area contributed by atoms with Crippen LogP contribution in [0.3, 0.4) is 0 Å². The summed E-state index contributed by atoms with van der Waals surface area (Å²) in [6.07, 6.45) is 2.63. The maximum atomic E-state index is 11.8. The van der Waals surface area contributed by atoms with Crippen LogP contribution in [0.2, 0.25) is 0 Å². The van der Waals surface area contributed by atoms with Gasteiger partial charge in [-0.2, -0.15) is 17.0 Å². The molecule has 0 saturated heterocycles. The van der Waals surface area contributed by atoms with Crippen molar-refractivity contribution < 1.29 is 9.53 Å². The van der Waals surface area contributed by atoms with Gasteiger partial charge in [-0.1, -0.05) is 0 Å². The number of carbonyl (C=O) groups excluding carboxylic acids is 1. The van der Waals surface area contributed by atoms with E-state index < -0.39 is 6.04 Å². The van der Waals surface area contributed by atoms with Crippen LogP contribution in [-0.4, -0.2) is 30.6 Å². The third-order valence-electron chi connectivity index (χ3n) is 2.39. The quantitative estimate of drug-likeness (QED) is 0.791. The average Bonchev–Trinajstić information content (AvgIpc) is 2.43. The molecule has 0 saturated carbocycles. The lowest BCUT2D eigenvalue weighted by Crippen LogP contribution is -2.36. The van der Waals surface area contributed by atoms with Gasteiger partial charge in [0, 0.05) is 5.69 Å². The molecule has 1 atom stereocenters. The number of nitrogens with zero attached hydrogens (tertiary/aromatic N) is 1. The number of nitriles is 1. The average molecular weight is 279 g/mol. The highest BCUT2D eigenvalue weighted by atomic mass is 32.2. The second-order valence-electron chi connectivity index (χ2n) is 3.85. The molecule has 0 aliphatic heterocycles. The Morgan fingerprint density at radius 3 is 2.79 bits per heavy atom. The summed E-state index contributed by atoms with van der Waals surface area (Å²) in [5, 5.41) is 11.1. The van der Waals surface area contributed by atoms with Crippen molar-refractivity contribution in [1.29, 1.82) is 5.26 Å². The molecule has 0 heterocycles. The van der Waals surface area contributed by atoms with Crippen molar-refractivity contribution in [3.63, 3.8) is 0 Å². The second kappa shape index (κ2) is 8.40. The van der Waals surface area contributed by atoms with Crippen LogP contribution in [-0.2, 0) is 4.79 Å². The molecule has 0 aliphatic rings. The molecule has 0 radical (unpaired) electrons. The zero-order chi connectivity index (χ0) is 14.1. The molecule has 1 rings (SSSR count). The third-order valence-corrected chi connectivity index (χ3v) is 3.04. The van der Waals surface area contributed by atoms with E-state index in [4.69, 9.17) is 15.7 Å². The lowest BCUT2D eigenvalue weighted by molar-refractivity contribution is -0.117. The van der Waals surface area contributed by atoms with Crippen molar-refractivity contribution in [1.82, 2.24) is 0 Å². The summed E-state index contributed by atoms with van der Waals surface area (Å²) in [7, 11) is 0. The van der Waals surface area contributed by atoms with E-state index in [2.05, 4.69) is 5.32 Å². The zero-order valence-electron chi connectivity index (χ0n) is 10.8. The van der Waals surface area contributed by atoms with Gasteiger partial charge in [-0.15, -0.1) is 0 Å². The molecule has 0 spiro atoms. The summed E-state index contributed by atoms with van der Waals surface area (Å²) in [5.74, 6) is 1.25. The van der Waals surface area contributed by atoms with E-state index >= 15 is 0 Å². The van der Waals surface area contributed by atoms with Crippen LogP contribution >= 0.6 is 11.8 Å². The number of amides is 1. The van der Waals surface area contributed by atoms with Crippen LogP contribution in [0.15, 0.2) is 24.3 Å². The van der Waals surface area contributed by atoms with Crippen molar-refractivity contribution in [2.45, 2.75) is 12.5 Å². The van der Waals surface area contributed by atoms with Gasteiger partial charge in [0.15, 0.2) is 6.61 Å². The number of benzene rings is 1. The van der Waals surface area contributed by atoms with Crippen LogP contribution in [0, 0.1) is 11.3 Å². The molecule has 3 N–H and O–H groups in total. The van der Waals surface area contributed by atoms with Gasteiger partial charge in [0.05, 0.1) is 6.04 Å². The smallest absolute Gasteiger partial charge is 0.241 e. The highest BCUT2D eigenvalue weighted by Gasteiger charge is 2.12. The number of ether oxygens (including phenoxy) is 1. The summed E-state index contributed by atoms with van der Waals surface area (Å²) in [5.41, 5.74) is 6.42. The Balaban J connectivity index is 2.48. The van der Waals surface area contributed by atoms with Crippen molar-refractivity contribution in [2.24, 2.45) is 5.73 Å². The van der Waals surface area contributed by atoms with Gasteiger partial charge in [0.2, 0.25) is 5.91 Å². The van der Waals surface area contributed by atoms with E-state index in [0.717, 1.165) is 5.75 Å². The molecule has 0 fully saturated rings. The highest BCUT2D eigenvalue weighted by molar-refractivity contribution is 7.98. The number of hydrogen-bond donors (Lipinski definition) is 2. The maximum Gasteiger partial charge on any atom is 0.241 e. The predicted molar refractivity (Wildman–Crippen MR) is 77.2 cm³/mol. The van der Waals surface area contributed by atoms with Crippen LogP contribution < -0.4 is 15.8 Å². The molecule has 102 valence electrons. The van der Waals surface area contributed by atoms with E-state index in [1.807, 2.05) is 12.3 Å². The second-order valence-corrected chi connectivity index (χ2v) is 4.83. The van der Waals surface area contributed by atoms with E-state index in [9.17, 15) is 4.79 Å². The summed E-state index contributed by atoms with van der Waals surface area (Å²) in [4.78, 5) is 11.8. The van der Waals surface area contributed by atoms with Gasteiger partial charge >= 0.3 is 0 Å². The number of carbonyl (C=O) groups is 1. The van der Waals surface area contributed by atoms with Crippen molar-refractivity contribution in [3.05, 3.63) is 24.3 Å². The highest BCUT2D eigenvalue weighted by Crippen LogP contribution is 2.15. The first kappa shape index (κ1) is 15.3. The Kier molecular flexibility index (Phi) is 6.79. The third kappa shape index (κ3) is 5.64. The largest absolute Gasteiger partial charge is 0.479 e. The molecule has 6 heteroatoms. The molecule has 0 bridgehead atoms. The first-order valence-electron chi connectivity index (χ1n) is 5.82. The summed E-state index contributed by atoms with van der Waals surface area (Å²) >= 11 is 1.66. The Labute approximate surface area is 117 Å². The number of nitrogens with one attached hydrogen (secondary N) is 1. The minimum Gasteiger partial charge on any atom is -0.479 e. The number of thioether (sulfide) groups is 1. The van der Waals surface area contributed by atoms with Gasteiger partial charge in [-0.05, 0) is 42.7 Å². The Bertz CT molecular complexity index is 442. The summed E-state index contributed by atoms with van der Waals surface area (Å²) < 4.78 is 5.11. The van der Waals surface area contributed by atoms with Crippen LogP contribution in [0.4, 0.5) is 5.69 Å². The summed E-state index contributed by atoms with van der Waals surface area (Å²) in [6, 6.07) is 8.21. The van der Waals surface area contributed by atoms with Gasteiger partial charge in [-0.3, -0.25) is 4.79 Å². The SMILES string of the molecule is CSCC[C@@H](N)C(=O)Nc1ccc(OCC#N)cc1. The Hall–Kier alpha value is -1.71. The van der Waals surface area contributed by atoms with Crippen molar-refractivity contribution in [3.8, 4) is 11.8 Å². The monoisotopic (exact) mass is 279 g/mol. The fourth-order valence-corrected chi connectivity index (χ4v) is 1.85. The van der Waals surface area contributed by atoms with Gasteiger partial charge in [0.25, 0.3) is 0 Å². The Morgan fingerprint density at radius 2 is 2.21 bits per heavy atom. The number of nitrogens with two attached hydrogens (primary N) is 1. The normalized spacial score (nSPS) is 11.4. The molecule has 0 aromatic heterocycles. The fraction of sp³-hybridized carbons (Fsp3) is 0.385. The standard InChI is InChI=1S/C13H17N3O2S/c1-19-9-6-12(15)13(17)16-10-2-4-11(5-3-10)18-8-7-14/h2-5,12H,6,8-9,15H2,1H3,(H,16,17)/t12-/m1/s1. The van der Waals surface area contributed by atoms with E-state index in [0.29, 0.717) is 17.9 Å². The molecular weight excluding hydrogens is 262 g/mol. The first-order valence-corrected chi connectivity index (χ1v) is 7.22. The van der Waals surface area contributed by atoms with Crippen molar-refractivity contribution in [2.75, 3.05) is 23.9 Å². The molecule has 1 aromatic rings. The predicted octanol–water partition coefficient (Wildman–Crippen LogP) is 1.61. The molecule has 1 amide bonds.